The number of aliphatic hydroxyl groups excluding tert-OH is 2. The fraction of sp³-hybridized carbons (Fsp3) is 0.250. The van der Waals surface area contributed by atoms with Crippen molar-refractivity contribution in [3.8, 4) is 5.75 Å². The lowest BCUT2D eigenvalue weighted by Crippen LogP contribution is -2.13. The average molecular weight is 298 g/mol. The Hall–Kier alpha value is -2.44. The topological polar surface area (TPSA) is 88.6 Å². The summed E-state index contributed by atoms with van der Waals surface area (Å²) in [7, 11) is 0. The molecule has 1 aliphatic heterocycles. The summed E-state index contributed by atoms with van der Waals surface area (Å²) in [6, 6.07) is 5.25. The molecule has 22 heavy (non-hydrogen) atoms. The molecule has 0 spiro atoms. The maximum atomic E-state index is 10.4. The summed E-state index contributed by atoms with van der Waals surface area (Å²) >= 11 is 0. The molecule has 0 saturated carbocycles. The van der Waals surface area contributed by atoms with Crippen molar-refractivity contribution in [2.75, 3.05) is 6.61 Å². The lowest BCUT2D eigenvalue weighted by molar-refractivity contribution is 0.0121. The second kappa shape index (κ2) is 5.08. The van der Waals surface area contributed by atoms with Gasteiger partial charge in [-0.15, -0.1) is 0 Å². The Bertz CT molecular complexity index is 830. The fourth-order valence-corrected chi connectivity index (χ4v) is 2.63. The highest BCUT2D eigenvalue weighted by Gasteiger charge is 2.25. The van der Waals surface area contributed by atoms with Gasteiger partial charge in [-0.25, -0.2) is 0 Å². The summed E-state index contributed by atoms with van der Waals surface area (Å²) < 4.78 is 10.6. The zero-order valence-corrected chi connectivity index (χ0v) is 11.6. The van der Waals surface area contributed by atoms with Gasteiger partial charge in [0.2, 0.25) is 0 Å². The Morgan fingerprint density at radius 1 is 1.05 bits per heavy atom. The molecule has 4 heterocycles. The summed E-state index contributed by atoms with van der Waals surface area (Å²) in [5, 5.41) is 21.6. The van der Waals surface area contributed by atoms with Gasteiger partial charge in [-0.1, -0.05) is 0 Å². The molecule has 0 aromatic carbocycles. The van der Waals surface area contributed by atoms with Crippen molar-refractivity contribution in [1.82, 2.24) is 9.97 Å². The van der Waals surface area contributed by atoms with Crippen LogP contribution in [0.15, 0.2) is 41.3 Å². The molecule has 2 unspecified atom stereocenters. The Morgan fingerprint density at radius 2 is 1.82 bits per heavy atom. The number of fused-ring (bicyclic) bond motifs is 2. The predicted molar refractivity (Wildman–Crippen MR) is 77.4 cm³/mol. The number of nitrogens with zero attached hydrogens (tertiary/aromatic N) is 2. The van der Waals surface area contributed by atoms with E-state index in [2.05, 4.69) is 9.97 Å². The molecule has 1 aliphatic rings. The van der Waals surface area contributed by atoms with Crippen LogP contribution in [0.5, 0.6) is 5.75 Å². The van der Waals surface area contributed by atoms with Gasteiger partial charge in [0.25, 0.3) is 0 Å². The Labute approximate surface area is 126 Å². The summed E-state index contributed by atoms with van der Waals surface area (Å²) in [5.41, 5.74) is 2.42. The van der Waals surface area contributed by atoms with E-state index < -0.39 is 12.2 Å². The van der Waals surface area contributed by atoms with Crippen LogP contribution in [0.25, 0.3) is 11.0 Å². The minimum absolute atomic E-state index is 0.375. The molecule has 6 heteroatoms. The number of furan rings is 1. The molecular formula is C16H14N2O4. The van der Waals surface area contributed by atoms with Crippen molar-refractivity contribution in [1.29, 1.82) is 0 Å². The zero-order chi connectivity index (χ0) is 15.1. The van der Waals surface area contributed by atoms with Crippen LogP contribution in [-0.2, 0) is 6.42 Å². The van der Waals surface area contributed by atoms with E-state index in [1.807, 2.05) is 0 Å². The first-order valence-electron chi connectivity index (χ1n) is 7.03. The Kier molecular flexibility index (Phi) is 3.06. The van der Waals surface area contributed by atoms with Crippen LogP contribution in [0.2, 0.25) is 0 Å². The third-order valence-corrected chi connectivity index (χ3v) is 3.86. The molecule has 2 N–H and O–H groups in total. The molecule has 0 saturated heterocycles. The standard InChI is InChI=1S/C16H14N2O4/c19-15(11-5-9-1-3-21-13(9)7-17-11)16(20)12-6-10-2-4-22-14(10)8-18-12/h1,3,5-8,15-16,19-20H,2,4H2. The molecule has 0 amide bonds. The van der Waals surface area contributed by atoms with Crippen LogP contribution >= 0.6 is 0 Å². The number of aromatic nitrogens is 2. The lowest BCUT2D eigenvalue weighted by Gasteiger charge is -2.17. The summed E-state index contributed by atoms with van der Waals surface area (Å²) in [4.78, 5) is 8.31. The molecule has 3 aromatic rings. The number of rotatable bonds is 3. The van der Waals surface area contributed by atoms with Crippen LogP contribution in [0.3, 0.4) is 0 Å². The van der Waals surface area contributed by atoms with Crippen molar-refractivity contribution in [3.63, 3.8) is 0 Å². The monoisotopic (exact) mass is 298 g/mol. The van der Waals surface area contributed by atoms with E-state index >= 15 is 0 Å². The SMILES string of the molecule is OC(c1cc2c(cn1)OCC2)C(O)c1cc2ccoc2cn1. The van der Waals surface area contributed by atoms with Crippen molar-refractivity contribution in [2.24, 2.45) is 0 Å². The minimum Gasteiger partial charge on any atom is -0.491 e. The Morgan fingerprint density at radius 3 is 2.68 bits per heavy atom. The normalized spacial score (nSPS) is 16.3. The van der Waals surface area contributed by atoms with E-state index in [-0.39, 0.29) is 0 Å². The van der Waals surface area contributed by atoms with Gasteiger partial charge in [0.15, 0.2) is 5.58 Å². The zero-order valence-electron chi connectivity index (χ0n) is 11.6. The van der Waals surface area contributed by atoms with Crippen LogP contribution < -0.4 is 4.74 Å². The van der Waals surface area contributed by atoms with Crippen molar-refractivity contribution in [2.45, 2.75) is 18.6 Å². The third kappa shape index (κ3) is 2.13. The van der Waals surface area contributed by atoms with Gasteiger partial charge >= 0.3 is 0 Å². The van der Waals surface area contributed by atoms with Crippen molar-refractivity contribution >= 4 is 11.0 Å². The van der Waals surface area contributed by atoms with E-state index in [1.165, 1.54) is 6.20 Å². The van der Waals surface area contributed by atoms with Gasteiger partial charge in [0, 0.05) is 17.4 Å². The van der Waals surface area contributed by atoms with Gasteiger partial charge in [0.05, 0.1) is 36.7 Å². The molecule has 112 valence electrons. The fourth-order valence-electron chi connectivity index (χ4n) is 2.63. The van der Waals surface area contributed by atoms with E-state index in [1.54, 1.807) is 30.7 Å². The first kappa shape index (κ1) is 13.2. The Balaban J connectivity index is 1.64. The van der Waals surface area contributed by atoms with Crippen LogP contribution in [-0.4, -0.2) is 26.8 Å². The van der Waals surface area contributed by atoms with Crippen molar-refractivity contribution < 1.29 is 19.4 Å². The average Bonchev–Trinajstić information content (AvgIpc) is 3.20. The van der Waals surface area contributed by atoms with Crippen LogP contribution in [0.4, 0.5) is 0 Å². The van der Waals surface area contributed by atoms with E-state index in [0.29, 0.717) is 23.6 Å². The number of ether oxygens (including phenoxy) is 1. The number of aliphatic hydroxyl groups is 2. The molecule has 2 atom stereocenters. The number of pyridine rings is 2. The molecular weight excluding hydrogens is 284 g/mol. The minimum atomic E-state index is -1.16. The summed E-state index contributed by atoms with van der Waals surface area (Å²) in [6.45, 7) is 0.623. The second-order valence-corrected chi connectivity index (χ2v) is 5.27. The highest BCUT2D eigenvalue weighted by atomic mass is 16.5. The van der Waals surface area contributed by atoms with Crippen molar-refractivity contribution in [3.05, 3.63) is 53.8 Å². The predicted octanol–water partition coefficient (Wildman–Crippen LogP) is 1.92. The number of hydrogen-bond acceptors (Lipinski definition) is 6. The molecule has 3 aromatic heterocycles. The van der Waals surface area contributed by atoms with E-state index in [0.717, 1.165) is 23.1 Å². The molecule has 4 rings (SSSR count). The maximum absolute atomic E-state index is 10.4. The molecule has 0 radical (unpaired) electrons. The quantitative estimate of drug-likeness (QED) is 0.768. The smallest absolute Gasteiger partial charge is 0.152 e. The summed E-state index contributed by atoms with van der Waals surface area (Å²) in [6.07, 6.45) is 3.15. The molecule has 0 bridgehead atoms. The highest BCUT2D eigenvalue weighted by Crippen LogP contribution is 2.32. The first-order chi connectivity index (χ1) is 10.7. The van der Waals surface area contributed by atoms with Crippen LogP contribution in [0.1, 0.15) is 29.2 Å². The van der Waals surface area contributed by atoms with E-state index in [9.17, 15) is 10.2 Å². The lowest BCUT2D eigenvalue weighted by atomic mass is 10.0. The molecule has 0 fully saturated rings. The van der Waals surface area contributed by atoms with E-state index in [4.69, 9.17) is 9.15 Å². The largest absolute Gasteiger partial charge is 0.491 e. The van der Waals surface area contributed by atoms with Gasteiger partial charge < -0.3 is 19.4 Å². The molecule has 6 nitrogen and oxygen atoms in total. The van der Waals surface area contributed by atoms with Gasteiger partial charge in [-0.3, -0.25) is 9.97 Å². The number of hydrogen-bond donors (Lipinski definition) is 2. The first-order valence-corrected chi connectivity index (χ1v) is 7.03. The second-order valence-electron chi connectivity index (χ2n) is 5.27. The van der Waals surface area contributed by atoms with Gasteiger partial charge in [0.1, 0.15) is 18.0 Å². The van der Waals surface area contributed by atoms with Crippen LogP contribution in [0, 0.1) is 0 Å². The summed E-state index contributed by atoms with van der Waals surface area (Å²) in [5.74, 6) is 0.739. The maximum Gasteiger partial charge on any atom is 0.152 e. The van der Waals surface area contributed by atoms with Gasteiger partial charge in [-0.05, 0) is 18.2 Å². The van der Waals surface area contributed by atoms with Gasteiger partial charge in [-0.2, -0.15) is 0 Å². The molecule has 0 aliphatic carbocycles. The highest BCUT2D eigenvalue weighted by molar-refractivity contribution is 5.76. The third-order valence-electron chi connectivity index (χ3n) is 3.86.